The van der Waals surface area contributed by atoms with Gasteiger partial charge in [0.25, 0.3) is 5.91 Å². The number of rotatable bonds is 8. The van der Waals surface area contributed by atoms with Crippen LogP contribution in [0.15, 0.2) is 42.5 Å². The zero-order chi connectivity index (χ0) is 18.2. The SMILES string of the molecule is COc1cc(OC)cc(C(=O)Nc2ccc(NCCC(C)C)cc2)c1. The number of hydrogen-bond donors (Lipinski definition) is 2. The molecule has 0 spiro atoms. The van der Waals surface area contributed by atoms with Gasteiger partial charge >= 0.3 is 0 Å². The van der Waals surface area contributed by atoms with E-state index in [-0.39, 0.29) is 5.91 Å². The van der Waals surface area contributed by atoms with Gasteiger partial charge in [0.15, 0.2) is 0 Å². The zero-order valence-corrected chi connectivity index (χ0v) is 15.3. The highest BCUT2D eigenvalue weighted by atomic mass is 16.5. The number of carbonyl (C=O) groups excluding carboxylic acids is 1. The average molecular weight is 342 g/mol. The Hall–Kier alpha value is -2.69. The van der Waals surface area contributed by atoms with E-state index in [1.807, 2.05) is 24.3 Å². The molecule has 2 N–H and O–H groups in total. The van der Waals surface area contributed by atoms with Crippen LogP contribution in [-0.4, -0.2) is 26.7 Å². The Morgan fingerprint density at radius 2 is 1.52 bits per heavy atom. The van der Waals surface area contributed by atoms with Crippen LogP contribution in [0.1, 0.15) is 30.6 Å². The lowest BCUT2D eigenvalue weighted by Gasteiger charge is -2.11. The molecule has 0 aliphatic heterocycles. The van der Waals surface area contributed by atoms with Gasteiger partial charge in [0.2, 0.25) is 0 Å². The number of anilines is 2. The molecule has 0 saturated heterocycles. The third-order valence-corrected chi connectivity index (χ3v) is 3.81. The molecule has 0 unspecified atom stereocenters. The molecule has 0 atom stereocenters. The number of methoxy groups -OCH3 is 2. The summed E-state index contributed by atoms with van der Waals surface area (Å²) in [4.78, 5) is 12.4. The first kappa shape index (κ1) is 18.6. The third kappa shape index (κ3) is 5.71. The second-order valence-corrected chi connectivity index (χ2v) is 6.24. The van der Waals surface area contributed by atoms with Crippen molar-refractivity contribution in [1.29, 1.82) is 0 Å². The fraction of sp³-hybridized carbons (Fsp3) is 0.350. The standard InChI is InChI=1S/C20H26N2O3/c1-14(2)9-10-21-16-5-7-17(8-6-16)22-20(23)15-11-18(24-3)13-19(12-15)25-4/h5-8,11-14,21H,9-10H2,1-4H3,(H,22,23). The first-order valence-electron chi connectivity index (χ1n) is 8.40. The quantitative estimate of drug-likeness (QED) is 0.746. The van der Waals surface area contributed by atoms with E-state index >= 15 is 0 Å². The maximum absolute atomic E-state index is 12.4. The van der Waals surface area contributed by atoms with Crippen molar-refractivity contribution in [1.82, 2.24) is 0 Å². The van der Waals surface area contributed by atoms with Crippen molar-refractivity contribution in [3.05, 3.63) is 48.0 Å². The summed E-state index contributed by atoms with van der Waals surface area (Å²) in [6.07, 6.45) is 1.12. The van der Waals surface area contributed by atoms with Crippen LogP contribution in [0, 0.1) is 5.92 Å². The minimum absolute atomic E-state index is 0.210. The number of amides is 1. The van der Waals surface area contributed by atoms with Gasteiger partial charge in [-0.1, -0.05) is 13.8 Å². The molecule has 2 aromatic carbocycles. The smallest absolute Gasteiger partial charge is 0.255 e. The van der Waals surface area contributed by atoms with E-state index in [4.69, 9.17) is 9.47 Å². The summed E-state index contributed by atoms with van der Waals surface area (Å²) in [5.74, 6) is 1.62. The maximum Gasteiger partial charge on any atom is 0.255 e. The number of ether oxygens (including phenoxy) is 2. The summed E-state index contributed by atoms with van der Waals surface area (Å²) >= 11 is 0. The summed E-state index contributed by atoms with van der Waals surface area (Å²) in [6, 6.07) is 12.8. The topological polar surface area (TPSA) is 59.6 Å². The monoisotopic (exact) mass is 342 g/mol. The predicted molar refractivity (Wildman–Crippen MR) is 102 cm³/mol. The van der Waals surface area contributed by atoms with Crippen molar-refractivity contribution in [3.63, 3.8) is 0 Å². The fourth-order valence-electron chi connectivity index (χ4n) is 2.32. The Balaban J connectivity index is 2.00. The van der Waals surface area contributed by atoms with Gasteiger partial charge in [-0.15, -0.1) is 0 Å². The molecule has 2 rings (SSSR count). The molecule has 0 fully saturated rings. The zero-order valence-electron chi connectivity index (χ0n) is 15.3. The van der Waals surface area contributed by atoms with Crippen molar-refractivity contribution >= 4 is 17.3 Å². The van der Waals surface area contributed by atoms with E-state index in [0.29, 0.717) is 23.0 Å². The van der Waals surface area contributed by atoms with Crippen LogP contribution in [0.2, 0.25) is 0 Å². The number of nitrogens with one attached hydrogen (secondary N) is 2. The van der Waals surface area contributed by atoms with Crippen LogP contribution in [0.3, 0.4) is 0 Å². The molecule has 0 aromatic heterocycles. The lowest BCUT2D eigenvalue weighted by atomic mass is 10.1. The van der Waals surface area contributed by atoms with E-state index in [0.717, 1.165) is 24.3 Å². The van der Waals surface area contributed by atoms with E-state index in [1.165, 1.54) is 0 Å². The molecule has 1 amide bonds. The highest BCUT2D eigenvalue weighted by Crippen LogP contribution is 2.23. The van der Waals surface area contributed by atoms with Gasteiger partial charge in [0.1, 0.15) is 11.5 Å². The Kier molecular flexibility index (Phi) is 6.69. The van der Waals surface area contributed by atoms with Crippen molar-refractivity contribution in [2.24, 2.45) is 5.92 Å². The lowest BCUT2D eigenvalue weighted by Crippen LogP contribution is -2.12. The molecule has 0 aliphatic rings. The minimum atomic E-state index is -0.210. The van der Waals surface area contributed by atoms with Crippen LogP contribution in [0.4, 0.5) is 11.4 Å². The van der Waals surface area contributed by atoms with Gasteiger partial charge in [0.05, 0.1) is 14.2 Å². The summed E-state index contributed by atoms with van der Waals surface area (Å²) < 4.78 is 10.4. The van der Waals surface area contributed by atoms with E-state index in [9.17, 15) is 4.79 Å². The highest BCUT2D eigenvalue weighted by Gasteiger charge is 2.10. The molecule has 0 saturated carbocycles. The first-order valence-corrected chi connectivity index (χ1v) is 8.40. The third-order valence-electron chi connectivity index (χ3n) is 3.81. The van der Waals surface area contributed by atoms with E-state index < -0.39 is 0 Å². The minimum Gasteiger partial charge on any atom is -0.497 e. The number of benzene rings is 2. The molecule has 2 aromatic rings. The molecular weight excluding hydrogens is 316 g/mol. The maximum atomic E-state index is 12.4. The van der Waals surface area contributed by atoms with E-state index in [2.05, 4.69) is 24.5 Å². The number of hydrogen-bond acceptors (Lipinski definition) is 4. The predicted octanol–water partition coefficient (Wildman–Crippen LogP) is 4.41. The Labute approximate surface area is 149 Å². The summed E-state index contributed by atoms with van der Waals surface area (Å²) in [5.41, 5.74) is 2.26. The normalized spacial score (nSPS) is 10.4. The molecular formula is C20H26N2O3. The summed E-state index contributed by atoms with van der Waals surface area (Å²) in [7, 11) is 3.11. The molecule has 25 heavy (non-hydrogen) atoms. The first-order chi connectivity index (χ1) is 12.0. The Morgan fingerprint density at radius 1 is 0.960 bits per heavy atom. The molecule has 5 nitrogen and oxygen atoms in total. The van der Waals surface area contributed by atoms with Gasteiger partial charge in [-0.2, -0.15) is 0 Å². The molecule has 0 radical (unpaired) electrons. The largest absolute Gasteiger partial charge is 0.497 e. The second kappa shape index (κ2) is 8.97. The second-order valence-electron chi connectivity index (χ2n) is 6.24. The average Bonchev–Trinajstić information content (AvgIpc) is 2.62. The fourth-order valence-corrected chi connectivity index (χ4v) is 2.32. The van der Waals surface area contributed by atoms with Gasteiger partial charge in [-0.3, -0.25) is 4.79 Å². The molecule has 0 bridgehead atoms. The van der Waals surface area contributed by atoms with Gasteiger partial charge in [-0.05, 0) is 48.7 Å². The van der Waals surface area contributed by atoms with E-state index in [1.54, 1.807) is 32.4 Å². The molecule has 0 aliphatic carbocycles. The molecule has 134 valence electrons. The van der Waals surface area contributed by atoms with Crippen molar-refractivity contribution in [2.45, 2.75) is 20.3 Å². The number of carbonyl (C=O) groups is 1. The van der Waals surface area contributed by atoms with Gasteiger partial charge in [0, 0.05) is 29.5 Å². The van der Waals surface area contributed by atoms with Crippen LogP contribution in [-0.2, 0) is 0 Å². The van der Waals surface area contributed by atoms with Crippen LogP contribution in [0.25, 0.3) is 0 Å². The molecule has 0 heterocycles. The van der Waals surface area contributed by atoms with Gasteiger partial charge in [-0.25, -0.2) is 0 Å². The van der Waals surface area contributed by atoms with Crippen LogP contribution < -0.4 is 20.1 Å². The van der Waals surface area contributed by atoms with Crippen molar-refractivity contribution in [3.8, 4) is 11.5 Å². The summed E-state index contributed by atoms with van der Waals surface area (Å²) in [5, 5.41) is 6.26. The van der Waals surface area contributed by atoms with Crippen LogP contribution in [0.5, 0.6) is 11.5 Å². The van der Waals surface area contributed by atoms with Crippen LogP contribution >= 0.6 is 0 Å². The van der Waals surface area contributed by atoms with Gasteiger partial charge < -0.3 is 20.1 Å². The highest BCUT2D eigenvalue weighted by molar-refractivity contribution is 6.04. The summed E-state index contributed by atoms with van der Waals surface area (Å²) in [6.45, 7) is 5.34. The van der Waals surface area contributed by atoms with Crippen molar-refractivity contribution in [2.75, 3.05) is 31.4 Å². The molecule has 5 heteroatoms. The Bertz CT molecular complexity index is 674. The lowest BCUT2D eigenvalue weighted by molar-refractivity contribution is 0.102. The van der Waals surface area contributed by atoms with Crippen molar-refractivity contribution < 1.29 is 14.3 Å². The Morgan fingerprint density at radius 3 is 2.04 bits per heavy atom.